The maximum Gasteiger partial charge on any atom is 0.228 e. The van der Waals surface area contributed by atoms with Gasteiger partial charge in [-0.05, 0) is 24.6 Å². The van der Waals surface area contributed by atoms with Crippen molar-refractivity contribution in [1.29, 1.82) is 0 Å². The fourth-order valence-corrected chi connectivity index (χ4v) is 1.79. The number of aliphatic hydroxyl groups excluding tert-OH is 1. The van der Waals surface area contributed by atoms with Gasteiger partial charge in [0.05, 0.1) is 18.7 Å². The lowest BCUT2D eigenvalue weighted by molar-refractivity contribution is -0.129. The number of fused-ring (bicyclic) bond motifs is 1. The molecule has 0 atom stereocenters. The summed E-state index contributed by atoms with van der Waals surface area (Å²) in [7, 11) is 1.68. The van der Waals surface area contributed by atoms with Crippen molar-refractivity contribution < 1.29 is 9.90 Å². The summed E-state index contributed by atoms with van der Waals surface area (Å²) in [6, 6.07) is 3.98. The Morgan fingerprint density at radius 1 is 1.56 bits per heavy atom. The summed E-state index contributed by atoms with van der Waals surface area (Å²) in [5, 5.41) is 8.78. The van der Waals surface area contributed by atoms with Crippen molar-refractivity contribution in [2.45, 2.75) is 13.3 Å². The SMILES string of the molecule is Cc1ccn2cc(CC(=O)N(C)CCO)nc2c1. The highest BCUT2D eigenvalue weighted by Gasteiger charge is 2.11. The molecular weight excluding hydrogens is 230 g/mol. The molecule has 0 unspecified atom stereocenters. The molecule has 0 saturated carbocycles. The first-order valence-electron chi connectivity index (χ1n) is 5.89. The number of aliphatic hydroxyl groups is 1. The van der Waals surface area contributed by atoms with Gasteiger partial charge in [0.25, 0.3) is 0 Å². The number of hydrogen-bond donors (Lipinski definition) is 1. The predicted octanol–water partition coefficient (Wildman–Crippen LogP) is 0.636. The highest BCUT2D eigenvalue weighted by molar-refractivity contribution is 5.78. The van der Waals surface area contributed by atoms with Crippen molar-refractivity contribution >= 4 is 11.6 Å². The molecule has 2 rings (SSSR count). The summed E-state index contributed by atoms with van der Waals surface area (Å²) in [5.74, 6) is -0.0378. The van der Waals surface area contributed by atoms with E-state index in [1.807, 2.05) is 35.9 Å². The van der Waals surface area contributed by atoms with E-state index in [4.69, 9.17) is 5.11 Å². The molecule has 0 saturated heterocycles. The van der Waals surface area contributed by atoms with Crippen LogP contribution in [0.1, 0.15) is 11.3 Å². The number of carbonyl (C=O) groups is 1. The Morgan fingerprint density at radius 2 is 2.33 bits per heavy atom. The van der Waals surface area contributed by atoms with Crippen LogP contribution in [0.3, 0.4) is 0 Å². The Balaban J connectivity index is 2.14. The van der Waals surface area contributed by atoms with Crippen molar-refractivity contribution in [2.24, 2.45) is 0 Å². The second-order valence-electron chi connectivity index (χ2n) is 4.42. The summed E-state index contributed by atoms with van der Waals surface area (Å²) in [6.07, 6.45) is 4.06. The molecule has 18 heavy (non-hydrogen) atoms. The first-order chi connectivity index (χ1) is 8.60. The largest absolute Gasteiger partial charge is 0.395 e. The molecule has 0 aliphatic heterocycles. The summed E-state index contributed by atoms with van der Waals surface area (Å²) in [5.41, 5.74) is 2.74. The number of hydrogen-bond acceptors (Lipinski definition) is 3. The number of pyridine rings is 1. The first-order valence-corrected chi connectivity index (χ1v) is 5.89. The molecule has 0 bridgehead atoms. The maximum atomic E-state index is 11.8. The van der Waals surface area contributed by atoms with E-state index in [0.29, 0.717) is 6.54 Å². The predicted molar refractivity (Wildman–Crippen MR) is 68.4 cm³/mol. The molecule has 0 aliphatic carbocycles. The van der Waals surface area contributed by atoms with Gasteiger partial charge in [0.1, 0.15) is 5.65 Å². The second kappa shape index (κ2) is 5.18. The van der Waals surface area contributed by atoms with E-state index in [0.717, 1.165) is 16.9 Å². The minimum Gasteiger partial charge on any atom is -0.395 e. The van der Waals surface area contributed by atoms with Crippen molar-refractivity contribution in [3.8, 4) is 0 Å². The molecule has 0 fully saturated rings. The van der Waals surface area contributed by atoms with Crippen LogP contribution in [-0.4, -0.2) is 45.5 Å². The summed E-state index contributed by atoms with van der Waals surface area (Å²) in [6.45, 7) is 2.34. The molecule has 1 N–H and O–H groups in total. The quantitative estimate of drug-likeness (QED) is 0.862. The minimum atomic E-state index is -0.0378. The number of imidazole rings is 1. The number of likely N-dealkylation sites (N-methyl/N-ethyl adjacent to an activating group) is 1. The lowest BCUT2D eigenvalue weighted by Crippen LogP contribution is -2.30. The van der Waals surface area contributed by atoms with Crippen LogP contribution in [0.4, 0.5) is 0 Å². The van der Waals surface area contributed by atoms with Crippen molar-refractivity contribution in [3.05, 3.63) is 35.8 Å². The Morgan fingerprint density at radius 3 is 3.06 bits per heavy atom. The molecular formula is C13H17N3O2. The molecule has 0 spiro atoms. The summed E-state index contributed by atoms with van der Waals surface area (Å²) < 4.78 is 1.90. The van der Waals surface area contributed by atoms with E-state index in [-0.39, 0.29) is 18.9 Å². The molecule has 2 heterocycles. The van der Waals surface area contributed by atoms with Crippen LogP contribution in [0, 0.1) is 6.92 Å². The average molecular weight is 247 g/mol. The number of amides is 1. The highest BCUT2D eigenvalue weighted by atomic mass is 16.3. The monoisotopic (exact) mass is 247 g/mol. The van der Waals surface area contributed by atoms with Gasteiger partial charge < -0.3 is 14.4 Å². The van der Waals surface area contributed by atoms with Crippen LogP contribution in [0.2, 0.25) is 0 Å². The van der Waals surface area contributed by atoms with Crippen LogP contribution in [0.15, 0.2) is 24.5 Å². The third kappa shape index (κ3) is 2.68. The average Bonchev–Trinajstić information content (AvgIpc) is 2.70. The Bertz CT molecular complexity index is 562. The van der Waals surface area contributed by atoms with Gasteiger partial charge in [0, 0.05) is 26.0 Å². The topological polar surface area (TPSA) is 57.8 Å². The standard InChI is InChI=1S/C13H17N3O2/c1-10-3-4-16-9-11(14-12(16)7-10)8-13(18)15(2)5-6-17/h3-4,7,9,17H,5-6,8H2,1-2H3. The van der Waals surface area contributed by atoms with Crippen LogP contribution in [0.25, 0.3) is 5.65 Å². The van der Waals surface area contributed by atoms with Crippen molar-refractivity contribution in [1.82, 2.24) is 14.3 Å². The molecule has 0 aliphatic rings. The summed E-state index contributed by atoms with van der Waals surface area (Å²) >= 11 is 0. The molecule has 96 valence electrons. The van der Waals surface area contributed by atoms with Gasteiger partial charge in [-0.3, -0.25) is 4.79 Å². The van der Waals surface area contributed by atoms with E-state index >= 15 is 0 Å². The molecule has 2 aromatic rings. The smallest absolute Gasteiger partial charge is 0.228 e. The van der Waals surface area contributed by atoms with Gasteiger partial charge in [-0.2, -0.15) is 0 Å². The first kappa shape index (κ1) is 12.6. The number of rotatable bonds is 4. The zero-order valence-electron chi connectivity index (χ0n) is 10.6. The van der Waals surface area contributed by atoms with Crippen LogP contribution < -0.4 is 0 Å². The number of carbonyl (C=O) groups excluding carboxylic acids is 1. The van der Waals surface area contributed by atoms with E-state index in [9.17, 15) is 4.79 Å². The molecule has 5 nitrogen and oxygen atoms in total. The lowest BCUT2D eigenvalue weighted by atomic mass is 10.3. The lowest BCUT2D eigenvalue weighted by Gasteiger charge is -2.14. The minimum absolute atomic E-state index is 0.0212. The molecule has 0 radical (unpaired) electrons. The third-order valence-electron chi connectivity index (χ3n) is 2.86. The van der Waals surface area contributed by atoms with E-state index < -0.39 is 0 Å². The fraction of sp³-hybridized carbons (Fsp3) is 0.385. The van der Waals surface area contributed by atoms with Gasteiger partial charge in [-0.15, -0.1) is 0 Å². The summed E-state index contributed by atoms with van der Waals surface area (Å²) in [4.78, 5) is 17.7. The number of aromatic nitrogens is 2. The van der Waals surface area contributed by atoms with Gasteiger partial charge in [-0.1, -0.05) is 0 Å². The zero-order valence-corrected chi connectivity index (χ0v) is 10.6. The number of nitrogens with zero attached hydrogens (tertiary/aromatic N) is 3. The second-order valence-corrected chi connectivity index (χ2v) is 4.42. The molecule has 2 aromatic heterocycles. The molecule has 1 amide bonds. The van der Waals surface area contributed by atoms with Gasteiger partial charge in [0.2, 0.25) is 5.91 Å². The Hall–Kier alpha value is -1.88. The van der Waals surface area contributed by atoms with Gasteiger partial charge in [0.15, 0.2) is 0 Å². The zero-order chi connectivity index (χ0) is 13.1. The number of aryl methyl sites for hydroxylation is 1. The Labute approximate surface area is 106 Å². The van der Waals surface area contributed by atoms with E-state index in [1.54, 1.807) is 7.05 Å². The van der Waals surface area contributed by atoms with Crippen LogP contribution in [-0.2, 0) is 11.2 Å². The van der Waals surface area contributed by atoms with Crippen molar-refractivity contribution in [3.63, 3.8) is 0 Å². The Kier molecular flexibility index (Phi) is 3.62. The van der Waals surface area contributed by atoms with Gasteiger partial charge in [-0.25, -0.2) is 4.98 Å². The van der Waals surface area contributed by atoms with E-state index in [2.05, 4.69) is 4.98 Å². The van der Waals surface area contributed by atoms with E-state index in [1.165, 1.54) is 4.90 Å². The van der Waals surface area contributed by atoms with Crippen molar-refractivity contribution in [2.75, 3.05) is 20.2 Å². The third-order valence-corrected chi connectivity index (χ3v) is 2.86. The fourth-order valence-electron chi connectivity index (χ4n) is 1.79. The molecule has 5 heteroatoms. The molecule has 0 aromatic carbocycles. The normalized spacial score (nSPS) is 10.8. The highest BCUT2D eigenvalue weighted by Crippen LogP contribution is 2.08. The van der Waals surface area contributed by atoms with Gasteiger partial charge >= 0.3 is 0 Å². The van der Waals surface area contributed by atoms with Crippen LogP contribution in [0.5, 0.6) is 0 Å². The maximum absolute atomic E-state index is 11.8. The van der Waals surface area contributed by atoms with Crippen LogP contribution >= 0.6 is 0 Å².